The smallest absolute Gasteiger partial charge is 0.319 e. The number of carbonyl (C=O) groups excluding carboxylic acids is 1. The lowest BCUT2D eigenvalue weighted by atomic mass is 9.96. The number of methoxy groups -OCH3 is 1. The highest BCUT2D eigenvalue weighted by molar-refractivity contribution is 5.90. The predicted molar refractivity (Wildman–Crippen MR) is 99.2 cm³/mol. The fourth-order valence-electron chi connectivity index (χ4n) is 3.10. The lowest BCUT2D eigenvalue weighted by Gasteiger charge is -2.33. The topological polar surface area (TPSA) is 66.5 Å². The number of rotatable bonds is 5. The number of benzene rings is 1. The lowest BCUT2D eigenvalue weighted by molar-refractivity contribution is 0.248. The van der Waals surface area contributed by atoms with E-state index in [0.29, 0.717) is 23.9 Å². The van der Waals surface area contributed by atoms with Crippen LogP contribution in [0, 0.1) is 5.92 Å². The number of hydrogen-bond acceptors (Lipinski definition) is 4. The van der Waals surface area contributed by atoms with E-state index in [1.807, 2.05) is 48.8 Å². The van der Waals surface area contributed by atoms with Crippen LogP contribution in [0.4, 0.5) is 16.2 Å². The Labute approximate surface area is 148 Å². The number of piperidine rings is 1. The first kappa shape index (κ1) is 17.1. The fourth-order valence-corrected chi connectivity index (χ4v) is 3.10. The Morgan fingerprint density at radius 3 is 2.64 bits per heavy atom. The number of aromatic nitrogens is 1. The molecule has 1 aromatic heterocycles. The molecule has 1 saturated heterocycles. The number of carbonyl (C=O) groups is 1. The molecule has 25 heavy (non-hydrogen) atoms. The third kappa shape index (κ3) is 4.62. The van der Waals surface area contributed by atoms with Gasteiger partial charge >= 0.3 is 6.03 Å². The summed E-state index contributed by atoms with van der Waals surface area (Å²) in [5.74, 6) is 1.16. The molecular formula is C19H24N4O2. The average Bonchev–Trinajstić information content (AvgIpc) is 2.68. The zero-order valence-electron chi connectivity index (χ0n) is 14.4. The van der Waals surface area contributed by atoms with E-state index in [-0.39, 0.29) is 6.03 Å². The van der Waals surface area contributed by atoms with Crippen LogP contribution in [0.3, 0.4) is 0 Å². The Morgan fingerprint density at radius 2 is 1.92 bits per heavy atom. The summed E-state index contributed by atoms with van der Waals surface area (Å²) in [6.45, 7) is 2.69. The molecule has 132 valence electrons. The van der Waals surface area contributed by atoms with Gasteiger partial charge in [0.1, 0.15) is 5.75 Å². The molecular weight excluding hydrogens is 316 g/mol. The van der Waals surface area contributed by atoms with Crippen LogP contribution in [0.2, 0.25) is 0 Å². The standard InChI is InChI=1S/C19H24N4O2/c1-25-18-5-3-2-4-17(18)22-19(24)21-14-15-8-12-23(13-9-15)16-6-10-20-11-7-16/h2-7,10-11,15H,8-9,12-14H2,1H3,(H2,21,22,24). The van der Waals surface area contributed by atoms with Crippen LogP contribution >= 0.6 is 0 Å². The maximum absolute atomic E-state index is 12.1. The van der Waals surface area contributed by atoms with Crippen LogP contribution in [0.1, 0.15) is 12.8 Å². The van der Waals surface area contributed by atoms with Gasteiger partial charge in [-0.2, -0.15) is 0 Å². The lowest BCUT2D eigenvalue weighted by Crippen LogP contribution is -2.39. The van der Waals surface area contributed by atoms with Crippen molar-refractivity contribution in [1.82, 2.24) is 10.3 Å². The SMILES string of the molecule is COc1ccccc1NC(=O)NCC1CCN(c2ccncc2)CC1. The van der Waals surface area contributed by atoms with E-state index in [1.165, 1.54) is 5.69 Å². The van der Waals surface area contributed by atoms with E-state index in [1.54, 1.807) is 7.11 Å². The van der Waals surface area contributed by atoms with Crippen molar-refractivity contribution in [3.8, 4) is 5.75 Å². The third-order valence-electron chi connectivity index (χ3n) is 4.55. The fraction of sp³-hybridized carbons (Fsp3) is 0.368. The van der Waals surface area contributed by atoms with E-state index in [4.69, 9.17) is 4.74 Å². The van der Waals surface area contributed by atoms with Gasteiger partial charge in [-0.25, -0.2) is 4.79 Å². The van der Waals surface area contributed by atoms with Gasteiger partial charge in [-0.1, -0.05) is 12.1 Å². The molecule has 6 heteroatoms. The van der Waals surface area contributed by atoms with E-state index in [0.717, 1.165) is 25.9 Å². The van der Waals surface area contributed by atoms with Gasteiger partial charge in [0.15, 0.2) is 0 Å². The first-order valence-corrected chi connectivity index (χ1v) is 8.59. The van der Waals surface area contributed by atoms with Crippen molar-refractivity contribution in [1.29, 1.82) is 0 Å². The Bertz CT molecular complexity index is 685. The van der Waals surface area contributed by atoms with Crippen molar-refractivity contribution in [3.05, 3.63) is 48.8 Å². The number of amides is 2. The van der Waals surface area contributed by atoms with Gasteiger partial charge in [-0.15, -0.1) is 0 Å². The molecule has 1 aromatic carbocycles. The number of hydrogen-bond donors (Lipinski definition) is 2. The molecule has 0 radical (unpaired) electrons. The van der Waals surface area contributed by atoms with Crippen molar-refractivity contribution < 1.29 is 9.53 Å². The first-order valence-electron chi connectivity index (χ1n) is 8.59. The Hall–Kier alpha value is -2.76. The highest BCUT2D eigenvalue weighted by Gasteiger charge is 2.20. The molecule has 2 N–H and O–H groups in total. The molecule has 2 heterocycles. The molecule has 0 aliphatic carbocycles. The summed E-state index contributed by atoms with van der Waals surface area (Å²) in [5.41, 5.74) is 1.89. The highest BCUT2D eigenvalue weighted by Crippen LogP contribution is 2.24. The maximum atomic E-state index is 12.1. The Morgan fingerprint density at radius 1 is 1.20 bits per heavy atom. The number of anilines is 2. The van der Waals surface area contributed by atoms with Crippen LogP contribution in [-0.4, -0.2) is 37.8 Å². The molecule has 0 unspecified atom stereocenters. The second-order valence-corrected chi connectivity index (χ2v) is 6.17. The summed E-state index contributed by atoms with van der Waals surface area (Å²) in [7, 11) is 1.59. The van der Waals surface area contributed by atoms with Crippen LogP contribution in [0.25, 0.3) is 0 Å². The molecule has 2 aromatic rings. The van der Waals surface area contributed by atoms with Crippen LogP contribution in [0.5, 0.6) is 5.75 Å². The molecule has 0 saturated carbocycles. The van der Waals surface area contributed by atoms with Crippen LogP contribution < -0.4 is 20.3 Å². The maximum Gasteiger partial charge on any atom is 0.319 e. The monoisotopic (exact) mass is 340 g/mol. The minimum atomic E-state index is -0.193. The Kier molecular flexibility index (Phi) is 5.72. The normalized spacial score (nSPS) is 14.8. The zero-order chi connectivity index (χ0) is 17.5. The molecule has 1 fully saturated rings. The summed E-state index contributed by atoms with van der Waals surface area (Å²) >= 11 is 0. The predicted octanol–water partition coefficient (Wildman–Crippen LogP) is 3.13. The van der Waals surface area contributed by atoms with Crippen LogP contribution in [-0.2, 0) is 0 Å². The van der Waals surface area contributed by atoms with Gasteiger partial charge in [0, 0.05) is 37.7 Å². The number of ether oxygens (including phenoxy) is 1. The molecule has 2 amide bonds. The third-order valence-corrected chi connectivity index (χ3v) is 4.55. The first-order chi connectivity index (χ1) is 12.3. The number of urea groups is 1. The summed E-state index contributed by atoms with van der Waals surface area (Å²) in [4.78, 5) is 18.5. The number of para-hydroxylation sites is 2. The number of pyridine rings is 1. The molecule has 0 bridgehead atoms. The average molecular weight is 340 g/mol. The van der Waals surface area contributed by atoms with Gasteiger partial charge in [0.2, 0.25) is 0 Å². The van der Waals surface area contributed by atoms with E-state index < -0.39 is 0 Å². The van der Waals surface area contributed by atoms with Gasteiger partial charge in [0.25, 0.3) is 0 Å². The van der Waals surface area contributed by atoms with Crippen molar-refractivity contribution >= 4 is 17.4 Å². The Balaban J connectivity index is 1.43. The molecule has 1 aliphatic rings. The van der Waals surface area contributed by atoms with Gasteiger partial charge in [-0.05, 0) is 43.0 Å². The quantitative estimate of drug-likeness (QED) is 0.878. The van der Waals surface area contributed by atoms with Gasteiger partial charge in [0.05, 0.1) is 12.8 Å². The van der Waals surface area contributed by atoms with Crippen molar-refractivity contribution in [2.75, 3.05) is 37.0 Å². The molecule has 3 rings (SSSR count). The second kappa shape index (κ2) is 8.37. The molecule has 0 atom stereocenters. The van der Waals surface area contributed by atoms with Gasteiger partial charge in [-0.3, -0.25) is 4.98 Å². The molecule has 6 nitrogen and oxygen atoms in total. The van der Waals surface area contributed by atoms with Crippen molar-refractivity contribution in [3.63, 3.8) is 0 Å². The number of nitrogens with one attached hydrogen (secondary N) is 2. The van der Waals surface area contributed by atoms with E-state index in [9.17, 15) is 4.79 Å². The molecule has 1 aliphatic heterocycles. The van der Waals surface area contributed by atoms with E-state index >= 15 is 0 Å². The van der Waals surface area contributed by atoms with Gasteiger partial charge < -0.3 is 20.3 Å². The highest BCUT2D eigenvalue weighted by atomic mass is 16.5. The summed E-state index contributed by atoms with van der Waals surface area (Å²) in [6.07, 6.45) is 5.78. The summed E-state index contributed by atoms with van der Waals surface area (Å²) in [6, 6.07) is 11.3. The largest absolute Gasteiger partial charge is 0.495 e. The van der Waals surface area contributed by atoms with E-state index in [2.05, 4.69) is 20.5 Å². The second-order valence-electron chi connectivity index (χ2n) is 6.17. The minimum Gasteiger partial charge on any atom is -0.495 e. The van der Waals surface area contributed by atoms with Crippen molar-refractivity contribution in [2.24, 2.45) is 5.92 Å². The minimum absolute atomic E-state index is 0.193. The van der Waals surface area contributed by atoms with Crippen molar-refractivity contribution in [2.45, 2.75) is 12.8 Å². The summed E-state index contributed by atoms with van der Waals surface area (Å²) in [5, 5.41) is 5.82. The summed E-state index contributed by atoms with van der Waals surface area (Å²) < 4.78 is 5.24. The molecule has 0 spiro atoms. The zero-order valence-corrected chi connectivity index (χ0v) is 14.4. The van der Waals surface area contributed by atoms with Crippen LogP contribution in [0.15, 0.2) is 48.8 Å². The number of nitrogens with zero attached hydrogens (tertiary/aromatic N) is 2.